The highest BCUT2D eigenvalue weighted by Gasteiger charge is 2.31. The molecule has 2 aromatic rings. The van der Waals surface area contributed by atoms with Crippen LogP contribution in [0, 0.1) is 0 Å². The van der Waals surface area contributed by atoms with Gasteiger partial charge in [-0.3, -0.25) is 4.79 Å². The molecule has 20 heavy (non-hydrogen) atoms. The molecule has 0 aliphatic rings. The van der Waals surface area contributed by atoms with Crippen molar-refractivity contribution in [3.8, 4) is 0 Å². The second-order valence-electron chi connectivity index (χ2n) is 4.03. The third-order valence-electron chi connectivity index (χ3n) is 2.63. The summed E-state index contributed by atoms with van der Waals surface area (Å²) in [5.41, 5.74) is -0.680. The van der Waals surface area contributed by atoms with Crippen LogP contribution in [-0.2, 0) is 6.18 Å². The third kappa shape index (κ3) is 3.22. The number of halogens is 5. The van der Waals surface area contributed by atoms with Gasteiger partial charge in [0.1, 0.15) is 0 Å². The molecule has 0 heterocycles. The number of carbonyl (C=O) groups excluding carboxylic acids is 1. The van der Waals surface area contributed by atoms with Gasteiger partial charge in [-0.1, -0.05) is 39.7 Å². The molecular formula is C14H7BrClF3O. The monoisotopic (exact) mass is 362 g/mol. The van der Waals surface area contributed by atoms with Crippen LogP contribution < -0.4 is 0 Å². The van der Waals surface area contributed by atoms with Crippen LogP contribution in [0.1, 0.15) is 21.5 Å². The Morgan fingerprint density at radius 2 is 1.80 bits per heavy atom. The lowest BCUT2D eigenvalue weighted by molar-refractivity contribution is -0.137. The van der Waals surface area contributed by atoms with Crippen molar-refractivity contribution in [2.75, 3.05) is 0 Å². The van der Waals surface area contributed by atoms with Crippen molar-refractivity contribution in [2.24, 2.45) is 0 Å². The van der Waals surface area contributed by atoms with Gasteiger partial charge in [0.25, 0.3) is 0 Å². The predicted molar refractivity (Wildman–Crippen MR) is 74.0 cm³/mol. The maximum atomic E-state index is 12.6. The zero-order valence-electron chi connectivity index (χ0n) is 9.84. The summed E-state index contributed by atoms with van der Waals surface area (Å²) in [6, 6.07) is 8.85. The van der Waals surface area contributed by atoms with Crippen LogP contribution in [0.25, 0.3) is 0 Å². The minimum absolute atomic E-state index is 0.0391. The predicted octanol–water partition coefficient (Wildman–Crippen LogP) is 5.35. The molecule has 6 heteroatoms. The molecule has 0 saturated heterocycles. The molecule has 2 rings (SSSR count). The SMILES string of the molecule is O=C(c1cccc(C(F)(F)F)c1)c1cc(Cl)ccc1Br. The van der Waals surface area contributed by atoms with Gasteiger partial charge in [-0.2, -0.15) is 13.2 Å². The molecule has 0 spiro atoms. The fraction of sp³-hybridized carbons (Fsp3) is 0.0714. The summed E-state index contributed by atoms with van der Waals surface area (Å²) >= 11 is 8.98. The van der Waals surface area contributed by atoms with Gasteiger partial charge in [0, 0.05) is 20.6 Å². The smallest absolute Gasteiger partial charge is 0.289 e. The Labute approximate surface area is 126 Å². The normalized spacial score (nSPS) is 11.4. The highest BCUT2D eigenvalue weighted by molar-refractivity contribution is 9.10. The molecule has 0 fully saturated rings. The summed E-state index contributed by atoms with van der Waals surface area (Å²) in [4.78, 5) is 12.2. The zero-order chi connectivity index (χ0) is 14.9. The average molecular weight is 364 g/mol. The summed E-state index contributed by atoms with van der Waals surface area (Å²) in [6.07, 6.45) is -4.48. The molecule has 2 aromatic carbocycles. The molecule has 0 amide bonds. The summed E-state index contributed by atoms with van der Waals surface area (Å²) < 4.78 is 38.4. The van der Waals surface area contributed by atoms with Crippen molar-refractivity contribution in [1.82, 2.24) is 0 Å². The van der Waals surface area contributed by atoms with Crippen LogP contribution in [0.15, 0.2) is 46.9 Å². The summed E-state index contributed by atoms with van der Waals surface area (Å²) in [6.45, 7) is 0. The van der Waals surface area contributed by atoms with Crippen molar-refractivity contribution in [3.63, 3.8) is 0 Å². The first-order chi connectivity index (χ1) is 9.29. The molecule has 1 nitrogen and oxygen atoms in total. The van der Waals surface area contributed by atoms with E-state index in [1.807, 2.05) is 0 Å². The fourth-order valence-corrected chi connectivity index (χ4v) is 2.26. The Kier molecular flexibility index (Phi) is 4.20. The van der Waals surface area contributed by atoms with Gasteiger partial charge in [0.15, 0.2) is 5.78 Å². The van der Waals surface area contributed by atoms with Crippen molar-refractivity contribution < 1.29 is 18.0 Å². The Hall–Kier alpha value is -1.33. The second-order valence-corrected chi connectivity index (χ2v) is 5.32. The fourth-order valence-electron chi connectivity index (χ4n) is 1.66. The number of hydrogen-bond acceptors (Lipinski definition) is 1. The van der Waals surface area contributed by atoms with Crippen LogP contribution in [0.4, 0.5) is 13.2 Å². The van der Waals surface area contributed by atoms with Crippen molar-refractivity contribution in [3.05, 3.63) is 68.7 Å². The Morgan fingerprint density at radius 1 is 1.10 bits per heavy atom. The van der Waals surface area contributed by atoms with Gasteiger partial charge in [-0.05, 0) is 30.3 Å². The molecule has 0 aromatic heterocycles. The first-order valence-corrected chi connectivity index (χ1v) is 6.63. The van der Waals surface area contributed by atoms with E-state index in [-0.39, 0.29) is 11.1 Å². The van der Waals surface area contributed by atoms with Crippen molar-refractivity contribution in [2.45, 2.75) is 6.18 Å². The van der Waals surface area contributed by atoms with Crippen LogP contribution in [0.2, 0.25) is 5.02 Å². The number of ketones is 1. The number of rotatable bonds is 2. The maximum absolute atomic E-state index is 12.6. The molecule has 0 radical (unpaired) electrons. The Balaban J connectivity index is 2.46. The molecule has 0 aliphatic heterocycles. The maximum Gasteiger partial charge on any atom is 0.416 e. The number of benzene rings is 2. The first kappa shape index (κ1) is 15.1. The van der Waals surface area contributed by atoms with Crippen LogP contribution in [-0.4, -0.2) is 5.78 Å². The first-order valence-electron chi connectivity index (χ1n) is 5.46. The summed E-state index contributed by atoms with van der Waals surface area (Å²) in [5, 5.41) is 0.337. The number of hydrogen-bond donors (Lipinski definition) is 0. The lowest BCUT2D eigenvalue weighted by Gasteiger charge is -2.09. The van der Waals surface area contributed by atoms with Gasteiger partial charge in [-0.15, -0.1) is 0 Å². The van der Waals surface area contributed by atoms with Crippen molar-refractivity contribution in [1.29, 1.82) is 0 Å². The van der Waals surface area contributed by atoms with E-state index in [4.69, 9.17) is 11.6 Å². The zero-order valence-corrected chi connectivity index (χ0v) is 12.2. The van der Waals surface area contributed by atoms with E-state index in [1.165, 1.54) is 18.2 Å². The van der Waals surface area contributed by atoms with E-state index in [9.17, 15) is 18.0 Å². The van der Waals surface area contributed by atoms with Gasteiger partial charge in [-0.25, -0.2) is 0 Å². The molecular weight excluding hydrogens is 357 g/mol. The van der Waals surface area contributed by atoms with E-state index in [2.05, 4.69) is 15.9 Å². The van der Waals surface area contributed by atoms with Crippen LogP contribution in [0.3, 0.4) is 0 Å². The van der Waals surface area contributed by atoms with Gasteiger partial charge < -0.3 is 0 Å². The topological polar surface area (TPSA) is 17.1 Å². The lowest BCUT2D eigenvalue weighted by atomic mass is 10.0. The molecule has 0 saturated carbocycles. The largest absolute Gasteiger partial charge is 0.416 e. The molecule has 0 unspecified atom stereocenters. The minimum atomic E-state index is -4.48. The number of alkyl halides is 3. The Morgan fingerprint density at radius 3 is 2.45 bits per heavy atom. The Bertz CT molecular complexity index is 668. The van der Waals surface area contributed by atoms with E-state index < -0.39 is 17.5 Å². The van der Waals surface area contributed by atoms with Gasteiger partial charge in [0.2, 0.25) is 0 Å². The van der Waals surface area contributed by atoms with E-state index in [0.29, 0.717) is 9.50 Å². The third-order valence-corrected chi connectivity index (χ3v) is 3.55. The summed E-state index contributed by atoms with van der Waals surface area (Å²) in [5.74, 6) is -0.523. The van der Waals surface area contributed by atoms with Crippen molar-refractivity contribution >= 4 is 33.3 Å². The van der Waals surface area contributed by atoms with Crippen LogP contribution >= 0.6 is 27.5 Å². The summed E-state index contributed by atoms with van der Waals surface area (Å²) in [7, 11) is 0. The quantitative estimate of drug-likeness (QED) is 0.657. The lowest BCUT2D eigenvalue weighted by Crippen LogP contribution is -2.08. The highest BCUT2D eigenvalue weighted by atomic mass is 79.9. The van der Waals surface area contributed by atoms with E-state index >= 15 is 0 Å². The minimum Gasteiger partial charge on any atom is -0.289 e. The van der Waals surface area contributed by atoms with E-state index in [1.54, 1.807) is 12.1 Å². The standard InChI is InChI=1S/C14H7BrClF3O/c15-12-5-4-10(16)7-11(12)13(20)8-2-1-3-9(6-8)14(17,18)19/h1-7H. The number of carbonyl (C=O) groups is 1. The van der Waals surface area contributed by atoms with Gasteiger partial charge >= 0.3 is 6.18 Å². The van der Waals surface area contributed by atoms with E-state index in [0.717, 1.165) is 12.1 Å². The molecule has 0 aliphatic carbocycles. The van der Waals surface area contributed by atoms with Crippen LogP contribution in [0.5, 0.6) is 0 Å². The molecule has 104 valence electrons. The molecule has 0 N–H and O–H groups in total. The average Bonchev–Trinajstić information content (AvgIpc) is 2.40. The highest BCUT2D eigenvalue weighted by Crippen LogP contribution is 2.31. The van der Waals surface area contributed by atoms with Gasteiger partial charge in [0.05, 0.1) is 5.56 Å². The molecule has 0 bridgehead atoms. The molecule has 0 atom stereocenters. The second kappa shape index (κ2) is 5.58.